The number of anilines is 1. The third-order valence-electron chi connectivity index (χ3n) is 5.59. The highest BCUT2D eigenvalue weighted by Gasteiger charge is 2.35. The van der Waals surface area contributed by atoms with Crippen LogP contribution in [0.5, 0.6) is 11.5 Å². The number of rotatable bonds is 9. The van der Waals surface area contributed by atoms with Gasteiger partial charge in [-0.3, -0.25) is 9.59 Å². The zero-order valence-corrected chi connectivity index (χ0v) is 20.0. The standard InChI is InChI=1S/C26H24ClF2NO5/c1-3-33-20-7-5-6-16-12-21(35-14-22(28)29)17-13-30(26(32)25(17)24(16)20)19-9-8-15(10-18(19)27)11-23(31)34-4-2/h5-10,12,22H,3-4,11,13-14H2,1-2H3. The minimum Gasteiger partial charge on any atom is -0.493 e. The lowest BCUT2D eigenvalue weighted by atomic mass is 9.98. The van der Waals surface area contributed by atoms with E-state index in [2.05, 4.69) is 0 Å². The lowest BCUT2D eigenvalue weighted by Crippen LogP contribution is -2.23. The van der Waals surface area contributed by atoms with Gasteiger partial charge in [0.2, 0.25) is 0 Å². The van der Waals surface area contributed by atoms with Gasteiger partial charge in [-0.2, -0.15) is 0 Å². The molecule has 0 atom stereocenters. The van der Waals surface area contributed by atoms with Crippen LogP contribution in [0.4, 0.5) is 14.5 Å². The van der Waals surface area contributed by atoms with Gasteiger partial charge in [-0.05, 0) is 49.1 Å². The third-order valence-corrected chi connectivity index (χ3v) is 5.89. The molecule has 3 aromatic carbocycles. The first-order valence-electron chi connectivity index (χ1n) is 11.2. The van der Waals surface area contributed by atoms with Gasteiger partial charge in [0.05, 0.1) is 42.5 Å². The number of benzene rings is 3. The normalized spacial score (nSPS) is 12.9. The molecule has 1 heterocycles. The molecule has 35 heavy (non-hydrogen) atoms. The molecule has 0 unspecified atom stereocenters. The van der Waals surface area contributed by atoms with E-state index in [1.807, 2.05) is 6.92 Å². The summed E-state index contributed by atoms with van der Waals surface area (Å²) < 4.78 is 42.0. The van der Waals surface area contributed by atoms with Crippen LogP contribution in [0.1, 0.15) is 35.3 Å². The van der Waals surface area contributed by atoms with E-state index in [1.165, 1.54) is 4.90 Å². The highest BCUT2D eigenvalue weighted by Crippen LogP contribution is 2.43. The summed E-state index contributed by atoms with van der Waals surface area (Å²) in [5.74, 6) is 0.0106. The number of carbonyl (C=O) groups is 2. The van der Waals surface area contributed by atoms with Crippen molar-refractivity contribution >= 4 is 39.9 Å². The van der Waals surface area contributed by atoms with Crippen molar-refractivity contribution in [3.8, 4) is 11.5 Å². The number of halogens is 3. The Morgan fingerprint density at radius 1 is 1.09 bits per heavy atom. The van der Waals surface area contributed by atoms with Crippen LogP contribution in [0.15, 0.2) is 42.5 Å². The monoisotopic (exact) mass is 503 g/mol. The van der Waals surface area contributed by atoms with E-state index < -0.39 is 13.0 Å². The Kier molecular flexibility index (Phi) is 7.40. The SMILES string of the molecule is CCOC(=O)Cc1ccc(N2Cc3c(OCC(F)F)cc4cccc(OCC)c4c3C2=O)c(Cl)c1. The summed E-state index contributed by atoms with van der Waals surface area (Å²) in [6.45, 7) is 3.53. The van der Waals surface area contributed by atoms with Crippen LogP contribution < -0.4 is 14.4 Å². The zero-order valence-electron chi connectivity index (χ0n) is 19.3. The minimum absolute atomic E-state index is 0.0516. The van der Waals surface area contributed by atoms with Crippen molar-refractivity contribution in [2.75, 3.05) is 24.7 Å². The highest BCUT2D eigenvalue weighted by atomic mass is 35.5. The van der Waals surface area contributed by atoms with Crippen molar-refractivity contribution in [3.63, 3.8) is 0 Å². The number of carbonyl (C=O) groups excluding carboxylic acids is 2. The minimum atomic E-state index is -2.66. The van der Waals surface area contributed by atoms with E-state index >= 15 is 0 Å². The van der Waals surface area contributed by atoms with E-state index in [9.17, 15) is 18.4 Å². The molecular weight excluding hydrogens is 480 g/mol. The molecule has 1 amide bonds. The van der Waals surface area contributed by atoms with Crippen molar-refractivity contribution < 1.29 is 32.6 Å². The molecule has 0 aromatic heterocycles. The quantitative estimate of drug-likeness (QED) is 0.345. The van der Waals surface area contributed by atoms with Crippen LogP contribution in [0.3, 0.4) is 0 Å². The Balaban J connectivity index is 1.77. The summed E-state index contributed by atoms with van der Waals surface area (Å²) in [7, 11) is 0. The number of hydrogen-bond donors (Lipinski definition) is 0. The molecule has 0 radical (unpaired) electrons. The number of nitrogens with zero attached hydrogens (tertiary/aromatic N) is 1. The first kappa shape index (κ1) is 24.7. The van der Waals surface area contributed by atoms with Gasteiger partial charge in [-0.1, -0.05) is 29.8 Å². The number of fused-ring (bicyclic) bond motifs is 3. The first-order valence-corrected chi connectivity index (χ1v) is 11.6. The molecule has 0 spiro atoms. The van der Waals surface area contributed by atoms with Gasteiger partial charge in [0.1, 0.15) is 18.1 Å². The molecule has 1 aliphatic rings. The maximum Gasteiger partial charge on any atom is 0.310 e. The summed E-state index contributed by atoms with van der Waals surface area (Å²) in [6, 6.07) is 11.9. The van der Waals surface area contributed by atoms with Crippen molar-refractivity contribution in [3.05, 3.63) is 64.2 Å². The number of hydrogen-bond acceptors (Lipinski definition) is 5. The Hall–Kier alpha value is -3.39. The second kappa shape index (κ2) is 10.5. The number of esters is 1. The van der Waals surface area contributed by atoms with E-state index in [1.54, 1.807) is 49.4 Å². The molecule has 3 aromatic rings. The summed E-state index contributed by atoms with van der Waals surface area (Å²) >= 11 is 6.52. The maximum absolute atomic E-state index is 13.7. The van der Waals surface area contributed by atoms with E-state index in [0.29, 0.717) is 45.5 Å². The molecular formula is C26H24ClF2NO5. The molecule has 0 saturated carbocycles. The average Bonchev–Trinajstić information content (AvgIpc) is 3.15. The Morgan fingerprint density at radius 3 is 2.57 bits per heavy atom. The van der Waals surface area contributed by atoms with Gasteiger partial charge in [0.15, 0.2) is 0 Å². The smallest absolute Gasteiger partial charge is 0.310 e. The van der Waals surface area contributed by atoms with Crippen LogP contribution in [-0.2, 0) is 22.5 Å². The van der Waals surface area contributed by atoms with Crippen LogP contribution >= 0.6 is 11.6 Å². The zero-order chi connectivity index (χ0) is 25.1. The van der Waals surface area contributed by atoms with Crippen LogP contribution in [0.2, 0.25) is 5.02 Å². The summed E-state index contributed by atoms with van der Waals surface area (Å²) in [5, 5.41) is 1.51. The summed E-state index contributed by atoms with van der Waals surface area (Å²) in [6.07, 6.45) is -2.61. The van der Waals surface area contributed by atoms with Crippen LogP contribution in [-0.4, -0.2) is 38.1 Å². The molecule has 0 aliphatic carbocycles. The topological polar surface area (TPSA) is 65.1 Å². The van der Waals surface area contributed by atoms with Crippen molar-refractivity contribution in [1.82, 2.24) is 0 Å². The highest BCUT2D eigenvalue weighted by molar-refractivity contribution is 6.34. The maximum atomic E-state index is 13.7. The Bertz CT molecular complexity index is 1280. The van der Waals surface area contributed by atoms with Gasteiger partial charge < -0.3 is 19.1 Å². The molecule has 184 valence electrons. The Labute approximate surface area is 206 Å². The molecule has 0 fully saturated rings. The van der Waals surface area contributed by atoms with E-state index in [0.717, 1.165) is 0 Å². The largest absolute Gasteiger partial charge is 0.493 e. The van der Waals surface area contributed by atoms with Gasteiger partial charge in [-0.15, -0.1) is 0 Å². The molecule has 0 saturated heterocycles. The second-order valence-electron chi connectivity index (χ2n) is 7.88. The van der Waals surface area contributed by atoms with Gasteiger partial charge >= 0.3 is 5.97 Å². The van der Waals surface area contributed by atoms with E-state index in [-0.39, 0.29) is 42.2 Å². The average molecular weight is 504 g/mol. The molecule has 9 heteroatoms. The molecule has 4 rings (SSSR count). The van der Waals surface area contributed by atoms with Gasteiger partial charge in [-0.25, -0.2) is 8.78 Å². The van der Waals surface area contributed by atoms with Crippen molar-refractivity contribution in [2.24, 2.45) is 0 Å². The van der Waals surface area contributed by atoms with Crippen LogP contribution in [0.25, 0.3) is 10.8 Å². The number of alkyl halides is 2. The van der Waals surface area contributed by atoms with Crippen molar-refractivity contribution in [2.45, 2.75) is 33.2 Å². The van der Waals surface area contributed by atoms with Gasteiger partial charge in [0, 0.05) is 10.9 Å². The molecule has 6 nitrogen and oxygen atoms in total. The fraction of sp³-hybridized carbons (Fsp3) is 0.308. The second-order valence-corrected chi connectivity index (χ2v) is 8.28. The third kappa shape index (κ3) is 5.03. The Morgan fingerprint density at radius 2 is 1.89 bits per heavy atom. The first-order chi connectivity index (χ1) is 16.8. The number of amides is 1. The lowest BCUT2D eigenvalue weighted by molar-refractivity contribution is -0.142. The van der Waals surface area contributed by atoms with E-state index in [4.69, 9.17) is 25.8 Å². The van der Waals surface area contributed by atoms with Crippen molar-refractivity contribution in [1.29, 1.82) is 0 Å². The molecule has 0 N–H and O–H groups in total. The van der Waals surface area contributed by atoms with Gasteiger partial charge in [0.25, 0.3) is 12.3 Å². The fourth-order valence-electron chi connectivity index (χ4n) is 4.21. The predicted octanol–water partition coefficient (Wildman–Crippen LogP) is 5.80. The molecule has 0 bridgehead atoms. The lowest BCUT2D eigenvalue weighted by Gasteiger charge is -2.18. The number of ether oxygens (including phenoxy) is 3. The summed E-state index contributed by atoms with van der Waals surface area (Å²) in [4.78, 5) is 27.0. The molecule has 1 aliphatic heterocycles. The van der Waals surface area contributed by atoms with Crippen LogP contribution in [0, 0.1) is 0 Å². The predicted molar refractivity (Wildman–Crippen MR) is 129 cm³/mol. The fourth-order valence-corrected chi connectivity index (χ4v) is 4.51. The summed E-state index contributed by atoms with van der Waals surface area (Å²) in [5.41, 5.74) is 1.90.